The van der Waals surface area contributed by atoms with Gasteiger partial charge in [0.25, 0.3) is 0 Å². The van der Waals surface area contributed by atoms with Gasteiger partial charge in [-0.1, -0.05) is 27.7 Å². The van der Waals surface area contributed by atoms with Crippen molar-refractivity contribution in [3.05, 3.63) is 0 Å². The zero-order valence-corrected chi connectivity index (χ0v) is 11.3. The van der Waals surface area contributed by atoms with Gasteiger partial charge in [0, 0.05) is 19.3 Å². The predicted molar refractivity (Wildman–Crippen MR) is 67.9 cm³/mol. The molecule has 3 nitrogen and oxygen atoms in total. The first-order valence-electron chi connectivity index (χ1n) is 6.49. The number of hydrogen-bond donors (Lipinski definition) is 2. The summed E-state index contributed by atoms with van der Waals surface area (Å²) in [5.41, 5.74) is 3.38. The van der Waals surface area contributed by atoms with E-state index in [4.69, 9.17) is 10.6 Å². The van der Waals surface area contributed by atoms with Crippen molar-refractivity contribution < 1.29 is 4.74 Å². The molecule has 0 aromatic carbocycles. The van der Waals surface area contributed by atoms with E-state index in [1.54, 1.807) is 0 Å². The van der Waals surface area contributed by atoms with Gasteiger partial charge in [-0.3, -0.25) is 11.3 Å². The molecular weight excluding hydrogens is 200 g/mol. The standard InChI is InChI=1S/C13H28N2O/c1-10(13(2,3)4)9-12(15-14)11-5-7-16-8-6-11/h10-12,15H,5-9,14H2,1-4H3. The highest BCUT2D eigenvalue weighted by Gasteiger charge is 2.28. The van der Waals surface area contributed by atoms with E-state index in [-0.39, 0.29) is 0 Å². The van der Waals surface area contributed by atoms with E-state index in [9.17, 15) is 0 Å². The Morgan fingerprint density at radius 2 is 1.88 bits per heavy atom. The Kier molecular flexibility index (Phi) is 5.22. The van der Waals surface area contributed by atoms with Crippen molar-refractivity contribution in [3.63, 3.8) is 0 Å². The van der Waals surface area contributed by atoms with Crippen LogP contribution in [0.1, 0.15) is 47.0 Å². The van der Waals surface area contributed by atoms with Crippen LogP contribution < -0.4 is 11.3 Å². The zero-order valence-electron chi connectivity index (χ0n) is 11.3. The molecule has 1 rings (SSSR count). The summed E-state index contributed by atoms with van der Waals surface area (Å²) >= 11 is 0. The van der Waals surface area contributed by atoms with Gasteiger partial charge in [-0.15, -0.1) is 0 Å². The molecule has 2 atom stereocenters. The van der Waals surface area contributed by atoms with Gasteiger partial charge in [0.1, 0.15) is 0 Å². The van der Waals surface area contributed by atoms with Crippen LogP contribution in [0.3, 0.4) is 0 Å². The summed E-state index contributed by atoms with van der Waals surface area (Å²) in [6.07, 6.45) is 3.45. The lowest BCUT2D eigenvalue weighted by atomic mass is 9.75. The number of hydrogen-bond acceptors (Lipinski definition) is 3. The lowest BCUT2D eigenvalue weighted by Crippen LogP contribution is -2.45. The van der Waals surface area contributed by atoms with Crippen LogP contribution in [0.25, 0.3) is 0 Å². The molecule has 3 heteroatoms. The Hall–Kier alpha value is -0.120. The van der Waals surface area contributed by atoms with Crippen molar-refractivity contribution >= 4 is 0 Å². The summed E-state index contributed by atoms with van der Waals surface area (Å²) in [5.74, 6) is 7.07. The molecule has 0 aromatic heterocycles. The molecule has 1 aliphatic rings. The lowest BCUT2D eigenvalue weighted by molar-refractivity contribution is 0.0470. The smallest absolute Gasteiger partial charge is 0.0469 e. The molecule has 0 bridgehead atoms. The first-order chi connectivity index (χ1) is 7.45. The van der Waals surface area contributed by atoms with Gasteiger partial charge in [0.2, 0.25) is 0 Å². The molecule has 0 aromatic rings. The van der Waals surface area contributed by atoms with Crippen LogP contribution in [0.2, 0.25) is 0 Å². The lowest BCUT2D eigenvalue weighted by Gasteiger charge is -2.35. The van der Waals surface area contributed by atoms with E-state index in [0.717, 1.165) is 32.5 Å². The maximum absolute atomic E-state index is 5.70. The Morgan fingerprint density at radius 1 is 1.31 bits per heavy atom. The minimum absolute atomic E-state index is 0.361. The van der Waals surface area contributed by atoms with Crippen LogP contribution in [-0.4, -0.2) is 19.3 Å². The highest BCUT2D eigenvalue weighted by atomic mass is 16.5. The second-order valence-corrected chi connectivity index (χ2v) is 6.23. The number of ether oxygens (including phenoxy) is 1. The van der Waals surface area contributed by atoms with Gasteiger partial charge >= 0.3 is 0 Å². The average molecular weight is 228 g/mol. The molecule has 1 saturated heterocycles. The molecule has 0 spiro atoms. The van der Waals surface area contributed by atoms with Crippen molar-refractivity contribution in [3.8, 4) is 0 Å². The van der Waals surface area contributed by atoms with E-state index in [2.05, 4.69) is 33.1 Å². The van der Waals surface area contributed by atoms with Gasteiger partial charge in [-0.2, -0.15) is 0 Å². The van der Waals surface area contributed by atoms with Gasteiger partial charge in [0.15, 0.2) is 0 Å². The van der Waals surface area contributed by atoms with Crippen molar-refractivity contribution in [1.82, 2.24) is 5.43 Å². The number of hydrazine groups is 1. The van der Waals surface area contributed by atoms with Gasteiger partial charge < -0.3 is 4.74 Å². The Bertz CT molecular complexity index is 195. The zero-order chi connectivity index (χ0) is 12.2. The predicted octanol–water partition coefficient (Wildman–Crippen LogP) is 2.32. The van der Waals surface area contributed by atoms with Crippen LogP contribution >= 0.6 is 0 Å². The van der Waals surface area contributed by atoms with E-state index >= 15 is 0 Å². The second-order valence-electron chi connectivity index (χ2n) is 6.23. The van der Waals surface area contributed by atoms with Gasteiger partial charge in [-0.25, -0.2) is 0 Å². The molecule has 0 saturated carbocycles. The van der Waals surface area contributed by atoms with Crippen LogP contribution in [-0.2, 0) is 4.74 Å². The van der Waals surface area contributed by atoms with Gasteiger partial charge in [0.05, 0.1) is 0 Å². The average Bonchev–Trinajstić information content (AvgIpc) is 2.25. The molecular formula is C13H28N2O. The Balaban J connectivity index is 2.47. The SMILES string of the molecule is CC(CC(NN)C1CCOCC1)C(C)(C)C. The van der Waals surface area contributed by atoms with Crippen molar-refractivity contribution in [2.45, 2.75) is 53.0 Å². The maximum Gasteiger partial charge on any atom is 0.0469 e. The van der Waals surface area contributed by atoms with Crippen LogP contribution in [0.15, 0.2) is 0 Å². The third kappa shape index (κ3) is 4.04. The Morgan fingerprint density at radius 3 is 2.31 bits per heavy atom. The highest BCUT2D eigenvalue weighted by Crippen LogP contribution is 2.32. The Labute approximate surface area is 100 Å². The fourth-order valence-electron chi connectivity index (χ4n) is 2.25. The van der Waals surface area contributed by atoms with Crippen LogP contribution in [0, 0.1) is 17.3 Å². The monoisotopic (exact) mass is 228 g/mol. The second kappa shape index (κ2) is 5.99. The minimum Gasteiger partial charge on any atom is -0.381 e. The largest absolute Gasteiger partial charge is 0.381 e. The minimum atomic E-state index is 0.361. The molecule has 0 aliphatic carbocycles. The van der Waals surface area contributed by atoms with E-state index in [1.807, 2.05) is 0 Å². The van der Waals surface area contributed by atoms with Crippen LogP contribution in [0.4, 0.5) is 0 Å². The first-order valence-corrected chi connectivity index (χ1v) is 6.49. The first kappa shape index (κ1) is 13.9. The number of nitrogens with two attached hydrogens (primary N) is 1. The third-order valence-corrected chi connectivity index (χ3v) is 4.13. The topological polar surface area (TPSA) is 47.3 Å². The van der Waals surface area contributed by atoms with Crippen molar-refractivity contribution in [1.29, 1.82) is 0 Å². The highest BCUT2D eigenvalue weighted by molar-refractivity contribution is 4.82. The summed E-state index contributed by atoms with van der Waals surface area (Å²) < 4.78 is 5.40. The van der Waals surface area contributed by atoms with Crippen molar-refractivity contribution in [2.75, 3.05) is 13.2 Å². The van der Waals surface area contributed by atoms with E-state index in [0.29, 0.717) is 23.3 Å². The molecule has 3 N–H and O–H groups in total. The fraction of sp³-hybridized carbons (Fsp3) is 1.00. The van der Waals surface area contributed by atoms with Gasteiger partial charge in [-0.05, 0) is 36.5 Å². The molecule has 0 amide bonds. The summed E-state index contributed by atoms with van der Waals surface area (Å²) in [7, 11) is 0. The molecule has 1 heterocycles. The summed E-state index contributed by atoms with van der Waals surface area (Å²) in [6.45, 7) is 11.0. The molecule has 2 unspecified atom stereocenters. The quantitative estimate of drug-likeness (QED) is 0.573. The van der Waals surface area contributed by atoms with E-state index < -0.39 is 0 Å². The summed E-state index contributed by atoms with van der Waals surface area (Å²) in [5, 5.41) is 0. The molecule has 16 heavy (non-hydrogen) atoms. The summed E-state index contributed by atoms with van der Waals surface area (Å²) in [4.78, 5) is 0. The third-order valence-electron chi connectivity index (χ3n) is 4.13. The van der Waals surface area contributed by atoms with Crippen LogP contribution in [0.5, 0.6) is 0 Å². The van der Waals surface area contributed by atoms with Crippen molar-refractivity contribution in [2.24, 2.45) is 23.1 Å². The number of nitrogens with one attached hydrogen (secondary N) is 1. The molecule has 1 fully saturated rings. The number of rotatable bonds is 4. The molecule has 0 radical (unpaired) electrons. The normalized spacial score (nSPS) is 23.1. The maximum atomic E-state index is 5.70. The fourth-order valence-corrected chi connectivity index (χ4v) is 2.25. The molecule has 96 valence electrons. The van der Waals surface area contributed by atoms with E-state index in [1.165, 1.54) is 0 Å². The summed E-state index contributed by atoms with van der Waals surface area (Å²) in [6, 6.07) is 0.443. The molecule has 1 aliphatic heterocycles.